The first kappa shape index (κ1) is 19.0. The molecule has 1 aromatic heterocycles. The summed E-state index contributed by atoms with van der Waals surface area (Å²) in [5, 5.41) is 3.26. The summed E-state index contributed by atoms with van der Waals surface area (Å²) >= 11 is 4.97. The molecular formula is C21H18BrN3O2S. The van der Waals surface area contributed by atoms with E-state index in [9.17, 15) is 9.59 Å². The maximum Gasteiger partial charge on any atom is 0.257 e. The number of anilines is 1. The summed E-state index contributed by atoms with van der Waals surface area (Å²) < 4.78 is 0.873. The average Bonchev–Trinajstić information content (AvgIpc) is 2.67. The number of amides is 1. The van der Waals surface area contributed by atoms with Crippen LogP contribution in [-0.4, -0.2) is 15.9 Å². The molecule has 0 spiro atoms. The summed E-state index contributed by atoms with van der Waals surface area (Å²) in [5.41, 5.74) is 3.55. The fourth-order valence-electron chi connectivity index (χ4n) is 3.28. The number of aromatic amines is 1. The van der Waals surface area contributed by atoms with E-state index in [0.29, 0.717) is 22.3 Å². The molecule has 142 valence electrons. The van der Waals surface area contributed by atoms with E-state index in [1.54, 1.807) is 0 Å². The van der Waals surface area contributed by atoms with Crippen molar-refractivity contribution < 1.29 is 4.79 Å². The first-order chi connectivity index (χ1) is 13.5. The number of aryl methyl sites for hydroxylation is 1. The topological polar surface area (TPSA) is 74.8 Å². The van der Waals surface area contributed by atoms with Crippen LogP contribution in [0, 0.1) is 6.92 Å². The molecule has 1 aliphatic rings. The van der Waals surface area contributed by atoms with Crippen molar-refractivity contribution in [1.29, 1.82) is 0 Å². The van der Waals surface area contributed by atoms with E-state index in [1.165, 1.54) is 17.3 Å². The second-order valence-electron chi connectivity index (χ2n) is 6.73. The van der Waals surface area contributed by atoms with Gasteiger partial charge in [0.2, 0.25) is 5.91 Å². The van der Waals surface area contributed by atoms with Crippen molar-refractivity contribution in [2.45, 2.75) is 30.2 Å². The Morgan fingerprint density at radius 2 is 1.89 bits per heavy atom. The number of hydrogen-bond donors (Lipinski definition) is 2. The number of halogens is 1. The number of hydrogen-bond acceptors (Lipinski definition) is 4. The molecule has 5 nitrogen and oxygen atoms in total. The van der Waals surface area contributed by atoms with E-state index in [4.69, 9.17) is 0 Å². The van der Waals surface area contributed by atoms with Crippen LogP contribution in [0.1, 0.15) is 34.6 Å². The van der Waals surface area contributed by atoms with Gasteiger partial charge < -0.3 is 10.3 Å². The van der Waals surface area contributed by atoms with Crippen LogP contribution in [0.2, 0.25) is 0 Å². The van der Waals surface area contributed by atoms with Crippen LogP contribution in [0.15, 0.2) is 63.0 Å². The molecule has 7 heteroatoms. The van der Waals surface area contributed by atoms with Gasteiger partial charge in [-0.1, -0.05) is 75.7 Å². The average molecular weight is 456 g/mol. The molecule has 0 saturated heterocycles. The minimum Gasteiger partial charge on any atom is -0.310 e. The molecule has 0 fully saturated rings. The van der Waals surface area contributed by atoms with Crippen molar-refractivity contribution in [3.63, 3.8) is 0 Å². The van der Waals surface area contributed by atoms with Gasteiger partial charge in [0.1, 0.15) is 5.82 Å². The van der Waals surface area contributed by atoms with Gasteiger partial charge in [-0.15, -0.1) is 0 Å². The number of nitrogens with zero attached hydrogens (tertiary/aromatic N) is 1. The summed E-state index contributed by atoms with van der Waals surface area (Å²) in [5.74, 6) is 0.573. The van der Waals surface area contributed by atoms with Crippen molar-refractivity contribution >= 4 is 39.4 Å². The molecular weight excluding hydrogens is 438 g/mol. The Labute approximate surface area is 175 Å². The molecule has 3 aromatic rings. The smallest absolute Gasteiger partial charge is 0.257 e. The number of thioether (sulfide) groups is 1. The van der Waals surface area contributed by atoms with Crippen molar-refractivity contribution in [2.24, 2.45) is 0 Å². The minimum atomic E-state index is -0.327. The molecule has 2 aromatic carbocycles. The third-order valence-corrected chi connectivity index (χ3v) is 6.37. The predicted octanol–water partition coefficient (Wildman–Crippen LogP) is 4.61. The number of rotatable bonds is 4. The quantitative estimate of drug-likeness (QED) is 0.444. The molecule has 1 amide bonds. The Morgan fingerprint density at radius 3 is 2.64 bits per heavy atom. The summed E-state index contributed by atoms with van der Waals surface area (Å²) in [6, 6.07) is 15.9. The van der Waals surface area contributed by atoms with Gasteiger partial charge in [-0.05, 0) is 24.1 Å². The van der Waals surface area contributed by atoms with Crippen LogP contribution in [0.25, 0.3) is 0 Å². The fraction of sp³-hybridized carbons (Fsp3) is 0.190. The molecule has 0 radical (unpaired) electrons. The first-order valence-electron chi connectivity index (χ1n) is 8.88. The van der Waals surface area contributed by atoms with Gasteiger partial charge in [0.15, 0.2) is 5.16 Å². The van der Waals surface area contributed by atoms with Crippen LogP contribution in [0.3, 0.4) is 0 Å². The third kappa shape index (κ3) is 3.91. The fourth-order valence-corrected chi connectivity index (χ4v) is 4.66. The lowest BCUT2D eigenvalue weighted by Crippen LogP contribution is -2.31. The van der Waals surface area contributed by atoms with E-state index in [1.807, 2.05) is 31.2 Å². The number of fused-ring (bicyclic) bond motifs is 1. The van der Waals surface area contributed by atoms with E-state index in [-0.39, 0.29) is 23.8 Å². The molecule has 2 N–H and O–H groups in total. The molecule has 4 rings (SSSR count). The maximum absolute atomic E-state index is 12.9. The molecule has 28 heavy (non-hydrogen) atoms. The lowest BCUT2D eigenvalue weighted by molar-refractivity contribution is -0.116. The van der Waals surface area contributed by atoms with Gasteiger partial charge in [0, 0.05) is 22.6 Å². The van der Waals surface area contributed by atoms with Crippen LogP contribution >= 0.6 is 27.7 Å². The number of carbonyl (C=O) groups is 1. The van der Waals surface area contributed by atoms with Crippen LogP contribution in [0.5, 0.6) is 0 Å². The van der Waals surface area contributed by atoms with Gasteiger partial charge in [-0.3, -0.25) is 9.59 Å². The number of benzene rings is 2. The van der Waals surface area contributed by atoms with Crippen molar-refractivity contribution in [3.05, 3.63) is 85.6 Å². The largest absolute Gasteiger partial charge is 0.310 e. The van der Waals surface area contributed by atoms with Crippen LogP contribution in [0.4, 0.5) is 5.82 Å². The van der Waals surface area contributed by atoms with E-state index >= 15 is 0 Å². The van der Waals surface area contributed by atoms with Gasteiger partial charge in [0.25, 0.3) is 5.56 Å². The van der Waals surface area contributed by atoms with Crippen molar-refractivity contribution in [3.8, 4) is 0 Å². The van der Waals surface area contributed by atoms with Gasteiger partial charge in [0.05, 0.1) is 5.56 Å². The Kier molecular flexibility index (Phi) is 5.37. The zero-order chi connectivity index (χ0) is 19.7. The molecule has 2 heterocycles. The maximum atomic E-state index is 12.9. The summed E-state index contributed by atoms with van der Waals surface area (Å²) in [6.45, 7) is 2.05. The number of nitrogens with one attached hydrogen (secondary N) is 2. The van der Waals surface area contributed by atoms with Crippen LogP contribution in [-0.2, 0) is 10.5 Å². The van der Waals surface area contributed by atoms with E-state index in [2.05, 4.69) is 55.5 Å². The Bertz CT molecular complexity index is 1100. The molecule has 0 aliphatic carbocycles. The Morgan fingerprint density at radius 1 is 1.14 bits per heavy atom. The summed E-state index contributed by atoms with van der Waals surface area (Å²) in [4.78, 5) is 32.5. The van der Waals surface area contributed by atoms with E-state index in [0.717, 1.165) is 15.6 Å². The molecule has 0 saturated carbocycles. The highest BCUT2D eigenvalue weighted by molar-refractivity contribution is 9.10. The van der Waals surface area contributed by atoms with Crippen molar-refractivity contribution in [1.82, 2.24) is 9.97 Å². The Balaban J connectivity index is 1.66. The van der Waals surface area contributed by atoms with Gasteiger partial charge in [-0.2, -0.15) is 0 Å². The first-order valence-corrected chi connectivity index (χ1v) is 10.7. The standard InChI is InChI=1S/C21H18BrN3O2S/c1-12-6-8-13(9-7-12)11-28-21-24-19-18(20(27)25-21)15(10-17(26)23-19)14-4-2-3-5-16(14)22/h2-9,15H,10-11H2,1H3,(H2,23,24,25,26,27). The molecule has 1 atom stereocenters. The zero-order valence-electron chi connectivity index (χ0n) is 15.2. The van der Waals surface area contributed by atoms with Gasteiger partial charge >= 0.3 is 0 Å². The van der Waals surface area contributed by atoms with E-state index < -0.39 is 0 Å². The van der Waals surface area contributed by atoms with Crippen molar-refractivity contribution in [2.75, 3.05) is 5.32 Å². The lowest BCUT2D eigenvalue weighted by Gasteiger charge is -2.25. The lowest BCUT2D eigenvalue weighted by atomic mass is 9.87. The molecule has 1 aliphatic heterocycles. The zero-order valence-corrected chi connectivity index (χ0v) is 17.6. The second kappa shape index (κ2) is 7.93. The minimum absolute atomic E-state index is 0.138. The highest BCUT2D eigenvalue weighted by Gasteiger charge is 2.31. The predicted molar refractivity (Wildman–Crippen MR) is 115 cm³/mol. The highest BCUT2D eigenvalue weighted by atomic mass is 79.9. The molecule has 0 bridgehead atoms. The second-order valence-corrected chi connectivity index (χ2v) is 8.55. The Hall–Kier alpha value is -2.38. The third-order valence-electron chi connectivity index (χ3n) is 4.71. The monoisotopic (exact) mass is 455 g/mol. The summed E-state index contributed by atoms with van der Waals surface area (Å²) in [7, 11) is 0. The SMILES string of the molecule is Cc1ccc(CSc2nc3c(c(=O)[nH]2)C(c2ccccc2Br)CC(=O)N3)cc1. The number of H-pyrrole nitrogens is 1. The number of aromatic nitrogens is 2. The summed E-state index contributed by atoms with van der Waals surface area (Å²) in [6.07, 6.45) is 0.218. The molecule has 1 unspecified atom stereocenters. The van der Waals surface area contributed by atoms with Gasteiger partial charge in [-0.25, -0.2) is 4.98 Å². The number of carbonyl (C=O) groups excluding carboxylic acids is 1. The van der Waals surface area contributed by atoms with Crippen LogP contribution < -0.4 is 10.9 Å². The highest BCUT2D eigenvalue weighted by Crippen LogP contribution is 2.37. The normalized spacial score (nSPS) is 15.8.